The number of carbonyl (C=O) groups excluding carboxylic acids is 2. The first-order valence-corrected chi connectivity index (χ1v) is 7.38. The maximum absolute atomic E-state index is 12.5. The van der Waals surface area contributed by atoms with Gasteiger partial charge in [-0.3, -0.25) is 9.59 Å². The predicted molar refractivity (Wildman–Crippen MR) is 92.8 cm³/mol. The molecular weight excluding hydrogens is 288 g/mol. The van der Waals surface area contributed by atoms with E-state index >= 15 is 0 Å². The first kappa shape index (κ1) is 16.5. The van der Waals surface area contributed by atoms with E-state index in [2.05, 4.69) is 10.6 Å². The van der Waals surface area contributed by atoms with Crippen LogP contribution in [0.4, 0.5) is 5.69 Å². The van der Waals surface area contributed by atoms with Gasteiger partial charge in [-0.1, -0.05) is 36.4 Å². The second-order valence-electron chi connectivity index (χ2n) is 5.40. The van der Waals surface area contributed by atoms with Crippen molar-refractivity contribution in [3.8, 4) is 0 Å². The van der Waals surface area contributed by atoms with Crippen LogP contribution >= 0.6 is 0 Å². The average molecular weight is 308 g/mol. The summed E-state index contributed by atoms with van der Waals surface area (Å²) in [6, 6.07) is 15.1. The fourth-order valence-electron chi connectivity index (χ4n) is 2.08. The van der Waals surface area contributed by atoms with Crippen molar-refractivity contribution in [3.63, 3.8) is 0 Å². The molecule has 0 fully saturated rings. The number of rotatable bonds is 4. The van der Waals surface area contributed by atoms with Crippen molar-refractivity contribution in [3.05, 3.63) is 70.9 Å². The fourth-order valence-corrected chi connectivity index (χ4v) is 2.08. The van der Waals surface area contributed by atoms with Gasteiger partial charge in [0, 0.05) is 12.6 Å². The molecule has 0 aromatic heterocycles. The molecule has 2 amide bonds. The van der Waals surface area contributed by atoms with E-state index in [1.54, 1.807) is 6.08 Å². The number of anilines is 1. The number of hydrogen-bond acceptors (Lipinski definition) is 2. The zero-order chi connectivity index (χ0) is 16.8. The summed E-state index contributed by atoms with van der Waals surface area (Å²) in [4.78, 5) is 23.8. The molecule has 2 N–H and O–H groups in total. The molecule has 0 spiro atoms. The summed E-state index contributed by atoms with van der Waals surface area (Å²) in [5.74, 6) is -0.644. The lowest BCUT2D eigenvalue weighted by atomic mass is 10.1. The van der Waals surface area contributed by atoms with Crippen LogP contribution in [0.3, 0.4) is 0 Å². The largest absolute Gasteiger partial charge is 0.322 e. The molecule has 4 heteroatoms. The molecule has 4 nitrogen and oxygen atoms in total. The molecule has 0 aliphatic carbocycles. The standard InChI is InChI=1S/C19H20N2O2/c1-13-9-10-17(11-14(13)2)21-19(23)18(20-15(3)22)12-16-7-5-4-6-8-16/h4-12H,1-3H3,(H,20,22)(H,21,23)/b18-12-. The molecule has 0 unspecified atom stereocenters. The summed E-state index contributed by atoms with van der Waals surface area (Å²) in [6.07, 6.45) is 1.65. The van der Waals surface area contributed by atoms with Crippen LogP contribution in [-0.2, 0) is 9.59 Å². The zero-order valence-corrected chi connectivity index (χ0v) is 13.5. The Balaban J connectivity index is 2.24. The summed E-state index contributed by atoms with van der Waals surface area (Å²) in [6.45, 7) is 5.38. The second kappa shape index (κ2) is 7.40. The van der Waals surface area contributed by atoms with Crippen molar-refractivity contribution in [1.82, 2.24) is 5.32 Å². The van der Waals surface area contributed by atoms with E-state index in [0.29, 0.717) is 5.69 Å². The van der Waals surface area contributed by atoms with E-state index in [0.717, 1.165) is 16.7 Å². The minimum atomic E-state index is -0.354. The minimum absolute atomic E-state index is 0.210. The van der Waals surface area contributed by atoms with Gasteiger partial charge >= 0.3 is 0 Å². The third-order valence-electron chi connectivity index (χ3n) is 3.43. The quantitative estimate of drug-likeness (QED) is 0.850. The lowest BCUT2D eigenvalue weighted by Crippen LogP contribution is -2.29. The number of benzene rings is 2. The van der Waals surface area contributed by atoms with Crippen molar-refractivity contribution in [2.75, 3.05) is 5.32 Å². The van der Waals surface area contributed by atoms with Crippen LogP contribution in [0.25, 0.3) is 6.08 Å². The van der Waals surface area contributed by atoms with Crippen molar-refractivity contribution in [2.24, 2.45) is 0 Å². The summed E-state index contributed by atoms with van der Waals surface area (Å²) < 4.78 is 0. The molecule has 2 aromatic rings. The molecule has 0 aliphatic heterocycles. The SMILES string of the molecule is CC(=O)N/C(=C\c1ccccc1)C(=O)Nc1ccc(C)c(C)c1. The minimum Gasteiger partial charge on any atom is -0.322 e. The Bertz CT molecular complexity index is 749. The topological polar surface area (TPSA) is 58.2 Å². The first-order valence-electron chi connectivity index (χ1n) is 7.38. The third kappa shape index (κ3) is 4.81. The molecule has 2 aromatic carbocycles. The van der Waals surface area contributed by atoms with Crippen LogP contribution in [0.15, 0.2) is 54.2 Å². The Morgan fingerprint density at radius 3 is 2.26 bits per heavy atom. The third-order valence-corrected chi connectivity index (χ3v) is 3.43. The highest BCUT2D eigenvalue weighted by Gasteiger charge is 2.12. The van der Waals surface area contributed by atoms with Crippen LogP contribution in [0.2, 0.25) is 0 Å². The van der Waals surface area contributed by atoms with E-state index in [4.69, 9.17) is 0 Å². The van der Waals surface area contributed by atoms with Gasteiger partial charge in [-0.2, -0.15) is 0 Å². The van der Waals surface area contributed by atoms with Crippen molar-refractivity contribution < 1.29 is 9.59 Å². The Morgan fingerprint density at radius 2 is 1.65 bits per heavy atom. The van der Waals surface area contributed by atoms with Crippen molar-refractivity contribution >= 4 is 23.6 Å². The molecule has 118 valence electrons. The number of aryl methyl sites for hydroxylation is 2. The van der Waals surface area contributed by atoms with Gasteiger partial charge in [0.2, 0.25) is 5.91 Å². The second-order valence-corrected chi connectivity index (χ2v) is 5.40. The van der Waals surface area contributed by atoms with Crippen molar-refractivity contribution in [2.45, 2.75) is 20.8 Å². The smallest absolute Gasteiger partial charge is 0.272 e. The molecule has 0 bridgehead atoms. The highest BCUT2D eigenvalue weighted by Crippen LogP contribution is 2.15. The van der Waals surface area contributed by atoms with Gasteiger partial charge < -0.3 is 10.6 Å². The predicted octanol–water partition coefficient (Wildman–Crippen LogP) is 3.42. The Labute approximate surface area is 136 Å². The van der Waals surface area contributed by atoms with Gasteiger partial charge in [0.05, 0.1) is 0 Å². The van der Waals surface area contributed by atoms with Crippen LogP contribution in [0, 0.1) is 13.8 Å². The summed E-state index contributed by atoms with van der Waals surface area (Å²) in [5.41, 5.74) is 4.00. The summed E-state index contributed by atoms with van der Waals surface area (Å²) in [7, 11) is 0. The van der Waals surface area contributed by atoms with Crippen LogP contribution in [0.1, 0.15) is 23.6 Å². The Hall–Kier alpha value is -2.88. The van der Waals surface area contributed by atoms with Crippen LogP contribution < -0.4 is 10.6 Å². The van der Waals surface area contributed by atoms with Crippen LogP contribution in [0.5, 0.6) is 0 Å². The number of carbonyl (C=O) groups is 2. The summed E-state index contributed by atoms with van der Waals surface area (Å²) >= 11 is 0. The average Bonchev–Trinajstić information content (AvgIpc) is 2.51. The number of nitrogens with one attached hydrogen (secondary N) is 2. The molecule has 0 aliphatic rings. The molecule has 0 radical (unpaired) electrons. The number of hydrogen-bond donors (Lipinski definition) is 2. The lowest BCUT2D eigenvalue weighted by Gasteiger charge is -2.11. The van der Waals surface area contributed by atoms with E-state index in [1.165, 1.54) is 6.92 Å². The first-order chi connectivity index (χ1) is 11.0. The highest BCUT2D eigenvalue weighted by atomic mass is 16.2. The maximum atomic E-state index is 12.5. The van der Waals surface area contributed by atoms with Gasteiger partial charge in [-0.05, 0) is 48.7 Å². The molecule has 0 atom stereocenters. The van der Waals surface area contributed by atoms with Crippen molar-refractivity contribution in [1.29, 1.82) is 0 Å². The number of amides is 2. The molecule has 2 rings (SSSR count). The summed E-state index contributed by atoms with van der Waals surface area (Å²) in [5, 5.41) is 5.40. The van der Waals surface area contributed by atoms with E-state index in [9.17, 15) is 9.59 Å². The maximum Gasteiger partial charge on any atom is 0.272 e. The highest BCUT2D eigenvalue weighted by molar-refractivity contribution is 6.08. The van der Waals surface area contributed by atoms with Gasteiger partial charge in [-0.15, -0.1) is 0 Å². The lowest BCUT2D eigenvalue weighted by molar-refractivity contribution is -0.120. The molecule has 0 saturated heterocycles. The molecule has 0 saturated carbocycles. The van der Waals surface area contributed by atoms with Gasteiger partial charge in [0.25, 0.3) is 5.91 Å². The molecule has 23 heavy (non-hydrogen) atoms. The Kier molecular flexibility index (Phi) is 5.31. The zero-order valence-electron chi connectivity index (χ0n) is 13.5. The fraction of sp³-hybridized carbons (Fsp3) is 0.158. The van der Waals surface area contributed by atoms with Gasteiger partial charge in [0.15, 0.2) is 0 Å². The van der Waals surface area contributed by atoms with Gasteiger partial charge in [0.1, 0.15) is 5.70 Å². The molecule has 0 heterocycles. The Morgan fingerprint density at radius 1 is 0.957 bits per heavy atom. The van der Waals surface area contributed by atoms with E-state index in [1.807, 2.05) is 62.4 Å². The van der Waals surface area contributed by atoms with Gasteiger partial charge in [-0.25, -0.2) is 0 Å². The van der Waals surface area contributed by atoms with E-state index < -0.39 is 0 Å². The molecular formula is C19H20N2O2. The van der Waals surface area contributed by atoms with Crippen LogP contribution in [-0.4, -0.2) is 11.8 Å². The van der Waals surface area contributed by atoms with E-state index in [-0.39, 0.29) is 17.5 Å². The normalized spacial score (nSPS) is 11.0. The monoisotopic (exact) mass is 308 g/mol.